The summed E-state index contributed by atoms with van der Waals surface area (Å²) in [6, 6.07) is 6.68. The third-order valence-electron chi connectivity index (χ3n) is 2.90. The van der Waals surface area contributed by atoms with Crippen LogP contribution in [-0.4, -0.2) is 21.6 Å². The highest BCUT2D eigenvalue weighted by molar-refractivity contribution is 7.86. The molecule has 0 spiro atoms. The maximum atomic E-state index is 14.2. The summed E-state index contributed by atoms with van der Waals surface area (Å²) < 4.78 is 31.2. The quantitative estimate of drug-likeness (QED) is 0.598. The van der Waals surface area contributed by atoms with E-state index in [2.05, 4.69) is 10.3 Å². The zero-order chi connectivity index (χ0) is 13.0. The zero-order valence-electron chi connectivity index (χ0n) is 10.0. The van der Waals surface area contributed by atoms with E-state index in [-0.39, 0.29) is 5.69 Å². The minimum atomic E-state index is -3.86. The topological polar surface area (TPSA) is 32.7 Å². The molecule has 1 atom stereocenters. The number of hydrogen-bond donors (Lipinski definition) is 0. The van der Waals surface area contributed by atoms with Gasteiger partial charge in [-0.2, -0.15) is 12.9 Å². The molecule has 1 saturated heterocycles. The molecule has 1 aliphatic heterocycles. The first-order valence-corrected chi connectivity index (χ1v) is 7.28. The lowest BCUT2D eigenvalue weighted by Gasteiger charge is -2.24. The highest BCUT2D eigenvalue weighted by Crippen LogP contribution is 2.24. The molecular weight excluding hydrogens is 251 g/mol. The molecule has 96 valence electrons. The molecule has 1 unspecified atom stereocenters. The molecule has 0 N–H and O–H groups in total. The Labute approximate surface area is 108 Å². The molecule has 3 nitrogen and oxygen atoms in total. The number of nitrogens with zero attached hydrogens (tertiary/aromatic N) is 2. The predicted molar refractivity (Wildman–Crippen MR) is 71.1 cm³/mol. The van der Waals surface area contributed by atoms with E-state index in [0.29, 0.717) is 18.7 Å². The monoisotopic (exact) mass is 266 g/mol. The van der Waals surface area contributed by atoms with E-state index < -0.39 is 10.3 Å². The summed E-state index contributed by atoms with van der Waals surface area (Å²) in [6.45, 7) is 0.966. The molecule has 2 rings (SSSR count). The summed E-state index contributed by atoms with van der Waals surface area (Å²) >= 11 is 0. The molecule has 1 aromatic rings. The van der Waals surface area contributed by atoms with Gasteiger partial charge in [-0.3, -0.25) is 0 Å². The van der Waals surface area contributed by atoms with Gasteiger partial charge in [-0.25, -0.2) is 0 Å². The number of hydrogen-bond acceptors (Lipinski definition) is 2. The van der Waals surface area contributed by atoms with Crippen molar-refractivity contribution in [2.75, 3.05) is 13.1 Å². The number of piperidine rings is 1. The average Bonchev–Trinajstić information content (AvgIpc) is 2.40. The molecule has 0 aromatic heterocycles. The number of benzene rings is 1. The Balaban J connectivity index is 2.36. The number of terminal acetylenes is 1. The van der Waals surface area contributed by atoms with Crippen molar-refractivity contribution >= 4 is 16.0 Å². The van der Waals surface area contributed by atoms with Crippen molar-refractivity contribution < 1.29 is 8.09 Å². The van der Waals surface area contributed by atoms with E-state index in [9.17, 15) is 8.09 Å². The highest BCUT2D eigenvalue weighted by atomic mass is 32.3. The van der Waals surface area contributed by atoms with Gasteiger partial charge in [-0.1, -0.05) is 24.5 Å². The van der Waals surface area contributed by atoms with Crippen LogP contribution < -0.4 is 0 Å². The lowest BCUT2D eigenvalue weighted by Crippen LogP contribution is -2.32. The fourth-order valence-corrected chi connectivity index (χ4v) is 3.17. The van der Waals surface area contributed by atoms with Crippen LogP contribution in [-0.2, 0) is 10.3 Å². The first kappa shape index (κ1) is 13.1. The van der Waals surface area contributed by atoms with Crippen LogP contribution in [0, 0.1) is 12.3 Å². The largest absolute Gasteiger partial charge is 0.275 e. The Morgan fingerprint density at radius 1 is 1.28 bits per heavy atom. The van der Waals surface area contributed by atoms with Gasteiger partial charge in [0.15, 0.2) is 0 Å². The van der Waals surface area contributed by atoms with Gasteiger partial charge in [0.05, 0.1) is 11.3 Å². The Bertz CT molecular complexity index is 579. The molecule has 1 fully saturated rings. The van der Waals surface area contributed by atoms with Gasteiger partial charge in [-0.05, 0) is 25.0 Å². The Hall–Kier alpha value is -1.38. The Morgan fingerprint density at radius 3 is 2.61 bits per heavy atom. The average molecular weight is 266 g/mol. The molecule has 0 aliphatic carbocycles. The van der Waals surface area contributed by atoms with Crippen molar-refractivity contribution in [2.45, 2.75) is 19.3 Å². The van der Waals surface area contributed by atoms with Crippen molar-refractivity contribution in [3.05, 3.63) is 29.8 Å². The highest BCUT2D eigenvalue weighted by Gasteiger charge is 2.22. The normalized spacial score (nSPS) is 19.8. The smallest absolute Gasteiger partial charge is 0.199 e. The van der Waals surface area contributed by atoms with Gasteiger partial charge in [0.25, 0.3) is 10.3 Å². The minimum absolute atomic E-state index is 0.276. The molecule has 1 aromatic carbocycles. The first-order valence-electron chi connectivity index (χ1n) is 5.91. The molecule has 0 amide bonds. The van der Waals surface area contributed by atoms with E-state index >= 15 is 0 Å². The van der Waals surface area contributed by atoms with Crippen LogP contribution in [0.4, 0.5) is 9.57 Å². The third kappa shape index (κ3) is 2.89. The van der Waals surface area contributed by atoms with E-state index in [1.165, 1.54) is 4.31 Å². The molecule has 0 saturated carbocycles. The van der Waals surface area contributed by atoms with Crippen LogP contribution in [0.25, 0.3) is 0 Å². The summed E-state index contributed by atoms with van der Waals surface area (Å²) in [7, 11) is -3.86. The standard InChI is InChI=1S/C13H15FN2OS/c1-2-12-8-4-5-9-13(12)15-18(14,17)16-10-6-3-7-11-16/h1,4-5,8-9H,3,6-7,10-11H2. The van der Waals surface area contributed by atoms with Crippen LogP contribution in [0.5, 0.6) is 0 Å². The molecule has 1 aliphatic rings. The van der Waals surface area contributed by atoms with Gasteiger partial charge in [-0.15, -0.1) is 10.3 Å². The van der Waals surface area contributed by atoms with Crippen molar-refractivity contribution in [1.29, 1.82) is 0 Å². The maximum Gasteiger partial charge on any atom is 0.275 e. The van der Waals surface area contributed by atoms with Gasteiger partial charge >= 0.3 is 0 Å². The van der Waals surface area contributed by atoms with Crippen LogP contribution in [0.1, 0.15) is 24.8 Å². The first-order chi connectivity index (χ1) is 8.63. The second-order valence-electron chi connectivity index (χ2n) is 4.17. The Morgan fingerprint density at radius 2 is 1.94 bits per heavy atom. The van der Waals surface area contributed by atoms with E-state index in [1.807, 2.05) is 0 Å². The summed E-state index contributed by atoms with van der Waals surface area (Å²) in [5.74, 6) is 2.42. The molecule has 0 bridgehead atoms. The molecular formula is C13H15FN2OS. The minimum Gasteiger partial charge on any atom is -0.199 e. The van der Waals surface area contributed by atoms with Gasteiger partial charge < -0.3 is 0 Å². The number of halogens is 1. The van der Waals surface area contributed by atoms with E-state index in [1.54, 1.807) is 24.3 Å². The van der Waals surface area contributed by atoms with Crippen molar-refractivity contribution in [3.8, 4) is 12.3 Å². The third-order valence-corrected chi connectivity index (χ3v) is 4.33. The van der Waals surface area contributed by atoms with E-state index in [0.717, 1.165) is 19.3 Å². The SMILES string of the molecule is C#Cc1ccccc1N=S(=O)(F)N1CCCCC1. The molecule has 0 radical (unpaired) electrons. The van der Waals surface area contributed by atoms with Crippen molar-refractivity contribution in [1.82, 2.24) is 4.31 Å². The van der Waals surface area contributed by atoms with E-state index in [4.69, 9.17) is 6.42 Å². The summed E-state index contributed by atoms with van der Waals surface area (Å²) in [6.07, 6.45) is 8.07. The zero-order valence-corrected chi connectivity index (χ0v) is 10.8. The van der Waals surface area contributed by atoms with Crippen molar-refractivity contribution in [2.24, 2.45) is 4.36 Å². The van der Waals surface area contributed by atoms with Crippen LogP contribution >= 0.6 is 0 Å². The molecule has 5 heteroatoms. The fraction of sp³-hybridized carbons (Fsp3) is 0.385. The predicted octanol–water partition coefficient (Wildman–Crippen LogP) is 3.05. The van der Waals surface area contributed by atoms with Crippen molar-refractivity contribution in [3.63, 3.8) is 0 Å². The molecule has 1 heterocycles. The summed E-state index contributed by atoms with van der Waals surface area (Å²) in [4.78, 5) is 0. The summed E-state index contributed by atoms with van der Waals surface area (Å²) in [5.41, 5.74) is 0.734. The van der Waals surface area contributed by atoms with Gasteiger partial charge in [0.2, 0.25) is 0 Å². The maximum absolute atomic E-state index is 14.2. The number of rotatable bonds is 2. The second kappa shape index (κ2) is 5.51. The van der Waals surface area contributed by atoms with Gasteiger partial charge in [0, 0.05) is 13.1 Å². The lowest BCUT2D eigenvalue weighted by atomic mass is 10.2. The fourth-order valence-electron chi connectivity index (χ4n) is 1.94. The molecule has 18 heavy (non-hydrogen) atoms. The Kier molecular flexibility index (Phi) is 4.00. The second-order valence-corrected chi connectivity index (χ2v) is 5.74. The van der Waals surface area contributed by atoms with Crippen LogP contribution in [0.2, 0.25) is 0 Å². The lowest BCUT2D eigenvalue weighted by molar-refractivity contribution is 0.349. The summed E-state index contributed by atoms with van der Waals surface area (Å²) in [5, 5.41) is 0. The van der Waals surface area contributed by atoms with Crippen LogP contribution in [0.15, 0.2) is 28.6 Å². The van der Waals surface area contributed by atoms with Gasteiger partial charge in [0.1, 0.15) is 0 Å². The van der Waals surface area contributed by atoms with Crippen LogP contribution in [0.3, 0.4) is 0 Å².